The van der Waals surface area contributed by atoms with Crippen molar-refractivity contribution in [2.45, 2.75) is 25.8 Å². The van der Waals surface area contributed by atoms with Crippen LogP contribution in [-0.2, 0) is 22.6 Å². The summed E-state index contributed by atoms with van der Waals surface area (Å²) in [7, 11) is 0. The number of nitrogens with one attached hydrogen (secondary N) is 1. The van der Waals surface area contributed by atoms with Gasteiger partial charge in [-0.05, 0) is 36.1 Å². The lowest BCUT2D eigenvalue weighted by Crippen LogP contribution is -2.45. The highest BCUT2D eigenvalue weighted by Gasteiger charge is 2.30. The van der Waals surface area contributed by atoms with Crippen molar-refractivity contribution in [1.82, 2.24) is 10.2 Å². The summed E-state index contributed by atoms with van der Waals surface area (Å²) in [6.45, 7) is 1.60. The van der Waals surface area contributed by atoms with Crippen molar-refractivity contribution < 1.29 is 9.59 Å². The van der Waals surface area contributed by atoms with E-state index in [4.69, 9.17) is 11.6 Å². The molecule has 1 aliphatic heterocycles. The van der Waals surface area contributed by atoms with E-state index in [1.807, 2.05) is 42.5 Å². The highest BCUT2D eigenvalue weighted by molar-refractivity contribution is 6.30. The zero-order chi connectivity index (χ0) is 18.4. The van der Waals surface area contributed by atoms with Gasteiger partial charge in [0.25, 0.3) is 0 Å². The Bertz CT molecular complexity index is 746. The maximum Gasteiger partial charge on any atom is 0.224 e. The van der Waals surface area contributed by atoms with Crippen LogP contribution in [0.4, 0.5) is 0 Å². The van der Waals surface area contributed by atoms with Gasteiger partial charge in [-0.2, -0.15) is 0 Å². The fraction of sp³-hybridized carbons (Fsp3) is 0.333. The number of benzene rings is 2. The third kappa shape index (κ3) is 5.09. The van der Waals surface area contributed by atoms with Gasteiger partial charge < -0.3 is 10.2 Å². The first kappa shape index (κ1) is 18.5. The summed E-state index contributed by atoms with van der Waals surface area (Å²) in [5.41, 5.74) is 2.23. The molecule has 0 aromatic heterocycles. The number of likely N-dealkylation sites (tertiary alicyclic amines) is 1. The molecule has 0 bridgehead atoms. The second-order valence-electron chi connectivity index (χ2n) is 6.66. The summed E-state index contributed by atoms with van der Waals surface area (Å²) in [6, 6.07) is 17.6. The van der Waals surface area contributed by atoms with E-state index in [1.54, 1.807) is 4.90 Å². The Balaban J connectivity index is 1.50. The monoisotopic (exact) mass is 370 g/mol. The first-order valence-corrected chi connectivity index (χ1v) is 9.33. The lowest BCUT2D eigenvalue weighted by molar-refractivity contribution is -0.138. The molecule has 1 N–H and O–H groups in total. The van der Waals surface area contributed by atoms with E-state index in [2.05, 4.69) is 17.4 Å². The third-order valence-electron chi connectivity index (χ3n) is 4.71. The molecule has 2 amide bonds. The lowest BCUT2D eigenvalue weighted by atomic mass is 9.96. The minimum absolute atomic E-state index is 0.0366. The smallest absolute Gasteiger partial charge is 0.224 e. The van der Waals surface area contributed by atoms with Gasteiger partial charge in [0.2, 0.25) is 11.8 Å². The van der Waals surface area contributed by atoms with Crippen LogP contribution in [0.5, 0.6) is 0 Å². The van der Waals surface area contributed by atoms with Gasteiger partial charge in [-0.1, -0.05) is 54.1 Å². The molecule has 0 radical (unpaired) electrons. The first-order chi connectivity index (χ1) is 12.6. The van der Waals surface area contributed by atoms with Crippen molar-refractivity contribution in [3.05, 3.63) is 70.7 Å². The number of rotatable bonds is 6. The number of carbonyl (C=O) groups excluding carboxylic acids is 2. The molecule has 0 spiro atoms. The first-order valence-electron chi connectivity index (χ1n) is 8.95. The molecule has 1 atom stereocenters. The van der Waals surface area contributed by atoms with Gasteiger partial charge in [-0.15, -0.1) is 0 Å². The maximum absolute atomic E-state index is 12.5. The fourth-order valence-corrected chi connectivity index (χ4v) is 3.34. The average Bonchev–Trinajstić information content (AvgIpc) is 2.66. The molecule has 0 unspecified atom stereocenters. The van der Waals surface area contributed by atoms with Crippen molar-refractivity contribution in [3.63, 3.8) is 0 Å². The molecule has 4 nitrogen and oxygen atoms in total. The molecule has 1 fully saturated rings. The summed E-state index contributed by atoms with van der Waals surface area (Å²) in [4.78, 5) is 26.4. The van der Waals surface area contributed by atoms with Gasteiger partial charge in [-0.3, -0.25) is 9.59 Å². The molecule has 0 aliphatic carbocycles. The Labute approximate surface area is 159 Å². The number of halogens is 1. The molecule has 1 aliphatic rings. The van der Waals surface area contributed by atoms with Crippen LogP contribution < -0.4 is 5.32 Å². The van der Waals surface area contributed by atoms with Crippen LogP contribution in [0, 0.1) is 5.92 Å². The molecule has 136 valence electrons. The van der Waals surface area contributed by atoms with Crippen LogP contribution in [-0.4, -0.2) is 29.8 Å². The summed E-state index contributed by atoms with van der Waals surface area (Å²) in [6.07, 6.45) is 1.85. The van der Waals surface area contributed by atoms with Crippen LogP contribution in [0.2, 0.25) is 5.02 Å². The van der Waals surface area contributed by atoms with Gasteiger partial charge in [0.05, 0.1) is 5.92 Å². The minimum atomic E-state index is -0.143. The van der Waals surface area contributed by atoms with E-state index in [1.165, 1.54) is 5.56 Å². The summed E-state index contributed by atoms with van der Waals surface area (Å²) in [5.74, 6) is -0.00130. The standard InChI is InChI=1S/C21H23ClN2O2/c22-19-9-6-17(7-10-19)14-24-15-18(8-11-20(24)25)21(26)23-13-12-16-4-2-1-3-5-16/h1-7,9-10,18H,8,11-15H2,(H,23,26)/t18-/m0/s1. The molecule has 1 saturated heterocycles. The predicted octanol–water partition coefficient (Wildman–Crippen LogP) is 3.44. The zero-order valence-electron chi connectivity index (χ0n) is 14.7. The molecule has 3 rings (SSSR count). The van der Waals surface area contributed by atoms with Crippen molar-refractivity contribution in [2.24, 2.45) is 5.92 Å². The topological polar surface area (TPSA) is 49.4 Å². The van der Waals surface area contributed by atoms with Crippen LogP contribution in [0.15, 0.2) is 54.6 Å². The zero-order valence-corrected chi connectivity index (χ0v) is 15.4. The van der Waals surface area contributed by atoms with Crippen LogP contribution in [0.1, 0.15) is 24.0 Å². The number of hydrogen-bond acceptors (Lipinski definition) is 2. The number of piperidine rings is 1. The summed E-state index contributed by atoms with van der Waals surface area (Å²) in [5, 5.41) is 3.69. The summed E-state index contributed by atoms with van der Waals surface area (Å²) >= 11 is 5.91. The minimum Gasteiger partial charge on any atom is -0.355 e. The maximum atomic E-state index is 12.5. The molecular formula is C21H23ClN2O2. The molecular weight excluding hydrogens is 348 g/mol. The average molecular weight is 371 g/mol. The Morgan fingerprint density at radius 2 is 1.81 bits per heavy atom. The van der Waals surface area contributed by atoms with Crippen molar-refractivity contribution >= 4 is 23.4 Å². The SMILES string of the molecule is O=C(NCCc1ccccc1)[C@H]1CCC(=O)N(Cc2ccc(Cl)cc2)C1. The van der Waals surface area contributed by atoms with Gasteiger partial charge in [0.15, 0.2) is 0 Å². The number of carbonyl (C=O) groups is 2. The normalized spacial score (nSPS) is 17.2. The summed E-state index contributed by atoms with van der Waals surface area (Å²) < 4.78 is 0. The third-order valence-corrected chi connectivity index (χ3v) is 4.97. The van der Waals surface area contributed by atoms with E-state index >= 15 is 0 Å². The molecule has 5 heteroatoms. The Kier molecular flexibility index (Phi) is 6.29. The highest BCUT2D eigenvalue weighted by Crippen LogP contribution is 2.20. The quantitative estimate of drug-likeness (QED) is 0.846. The number of hydrogen-bond donors (Lipinski definition) is 1. The molecule has 2 aromatic carbocycles. The fourth-order valence-electron chi connectivity index (χ4n) is 3.21. The van der Waals surface area contributed by atoms with Crippen molar-refractivity contribution in [1.29, 1.82) is 0 Å². The number of nitrogens with zero attached hydrogens (tertiary/aromatic N) is 1. The van der Waals surface area contributed by atoms with Gasteiger partial charge in [0.1, 0.15) is 0 Å². The van der Waals surface area contributed by atoms with Gasteiger partial charge >= 0.3 is 0 Å². The predicted molar refractivity (Wildman–Crippen MR) is 103 cm³/mol. The number of amides is 2. The largest absolute Gasteiger partial charge is 0.355 e. The molecule has 0 saturated carbocycles. The Morgan fingerprint density at radius 3 is 2.54 bits per heavy atom. The van der Waals surface area contributed by atoms with Crippen LogP contribution in [0.3, 0.4) is 0 Å². The highest BCUT2D eigenvalue weighted by atomic mass is 35.5. The molecule has 1 heterocycles. The van der Waals surface area contributed by atoms with E-state index in [0.29, 0.717) is 37.5 Å². The molecule has 2 aromatic rings. The molecule has 26 heavy (non-hydrogen) atoms. The van der Waals surface area contributed by atoms with Gasteiger partial charge in [-0.25, -0.2) is 0 Å². The van der Waals surface area contributed by atoms with Crippen LogP contribution >= 0.6 is 11.6 Å². The van der Waals surface area contributed by atoms with E-state index in [-0.39, 0.29) is 17.7 Å². The van der Waals surface area contributed by atoms with E-state index in [0.717, 1.165) is 12.0 Å². The van der Waals surface area contributed by atoms with Crippen molar-refractivity contribution in [3.8, 4) is 0 Å². The Hall–Kier alpha value is -2.33. The van der Waals surface area contributed by atoms with E-state index < -0.39 is 0 Å². The second kappa shape index (κ2) is 8.86. The second-order valence-corrected chi connectivity index (χ2v) is 7.10. The van der Waals surface area contributed by atoms with Crippen molar-refractivity contribution in [2.75, 3.05) is 13.1 Å². The lowest BCUT2D eigenvalue weighted by Gasteiger charge is -2.32. The van der Waals surface area contributed by atoms with Crippen LogP contribution in [0.25, 0.3) is 0 Å². The van der Waals surface area contributed by atoms with Gasteiger partial charge in [0, 0.05) is 31.1 Å². The Morgan fingerprint density at radius 1 is 1.08 bits per heavy atom. The van der Waals surface area contributed by atoms with E-state index in [9.17, 15) is 9.59 Å².